The van der Waals surface area contributed by atoms with Gasteiger partial charge in [-0.2, -0.15) is 0 Å². The van der Waals surface area contributed by atoms with Crippen LogP contribution >= 0.6 is 15.9 Å². The van der Waals surface area contributed by atoms with Crippen molar-refractivity contribution in [1.82, 2.24) is 5.32 Å². The van der Waals surface area contributed by atoms with E-state index in [4.69, 9.17) is 4.74 Å². The molecular weight excluding hydrogens is 333 g/mol. The lowest BCUT2D eigenvalue weighted by molar-refractivity contribution is 0.408. The van der Waals surface area contributed by atoms with Gasteiger partial charge in [0.05, 0.1) is 7.11 Å². The minimum Gasteiger partial charge on any atom is -0.497 e. The zero-order chi connectivity index (χ0) is 15.4. The van der Waals surface area contributed by atoms with Crippen LogP contribution in [0.2, 0.25) is 0 Å². The Kier molecular flexibility index (Phi) is 5.37. The zero-order valence-corrected chi connectivity index (χ0v) is 13.9. The van der Waals surface area contributed by atoms with Crippen LogP contribution in [-0.4, -0.2) is 7.11 Å². The smallest absolute Gasteiger partial charge is 0.131 e. The van der Waals surface area contributed by atoms with Crippen LogP contribution in [0.15, 0.2) is 46.9 Å². The SMILES string of the molecule is COc1ccc(C(C)N[C@@H](C)c2ccccc2Br)c(F)c1. The lowest BCUT2D eigenvalue weighted by atomic mass is 10.0. The molecule has 1 N–H and O–H groups in total. The third-order valence-corrected chi connectivity index (χ3v) is 4.27. The highest BCUT2D eigenvalue weighted by molar-refractivity contribution is 9.10. The van der Waals surface area contributed by atoms with Crippen LogP contribution in [0.4, 0.5) is 4.39 Å². The summed E-state index contributed by atoms with van der Waals surface area (Å²) in [4.78, 5) is 0. The van der Waals surface area contributed by atoms with Crippen molar-refractivity contribution in [2.24, 2.45) is 0 Å². The first-order valence-electron chi connectivity index (χ1n) is 6.87. The Hall–Kier alpha value is -1.39. The average molecular weight is 352 g/mol. The van der Waals surface area contributed by atoms with Gasteiger partial charge in [-0.05, 0) is 31.5 Å². The second kappa shape index (κ2) is 7.05. The van der Waals surface area contributed by atoms with Crippen LogP contribution in [0.5, 0.6) is 5.75 Å². The Balaban J connectivity index is 2.14. The summed E-state index contributed by atoms with van der Waals surface area (Å²) in [6, 6.07) is 13.0. The van der Waals surface area contributed by atoms with E-state index in [1.165, 1.54) is 13.2 Å². The molecule has 0 aliphatic rings. The average Bonchev–Trinajstić information content (AvgIpc) is 2.47. The Morgan fingerprint density at radius 3 is 2.33 bits per heavy atom. The lowest BCUT2D eigenvalue weighted by Crippen LogP contribution is -2.23. The maximum Gasteiger partial charge on any atom is 0.131 e. The molecule has 0 fully saturated rings. The number of ether oxygens (including phenoxy) is 1. The molecule has 2 rings (SSSR count). The van der Waals surface area contributed by atoms with Gasteiger partial charge in [0.2, 0.25) is 0 Å². The Labute approximate surface area is 133 Å². The van der Waals surface area contributed by atoms with Crippen LogP contribution in [0, 0.1) is 5.82 Å². The molecule has 0 amide bonds. The van der Waals surface area contributed by atoms with Crippen molar-refractivity contribution in [2.45, 2.75) is 25.9 Å². The van der Waals surface area contributed by atoms with Crippen molar-refractivity contribution in [3.8, 4) is 5.75 Å². The summed E-state index contributed by atoms with van der Waals surface area (Å²) in [6.45, 7) is 4.02. The van der Waals surface area contributed by atoms with Crippen LogP contribution in [0.1, 0.15) is 37.1 Å². The van der Waals surface area contributed by atoms with E-state index in [9.17, 15) is 4.39 Å². The molecule has 0 aliphatic carbocycles. The molecule has 0 aliphatic heterocycles. The second-order valence-corrected chi connectivity index (χ2v) is 5.87. The predicted octanol–water partition coefficient (Wildman–Crippen LogP) is 5.01. The van der Waals surface area contributed by atoms with Gasteiger partial charge in [0.25, 0.3) is 0 Å². The van der Waals surface area contributed by atoms with Gasteiger partial charge in [-0.3, -0.25) is 0 Å². The Bertz CT molecular complexity index is 617. The lowest BCUT2D eigenvalue weighted by Gasteiger charge is -2.22. The molecule has 0 spiro atoms. The molecule has 21 heavy (non-hydrogen) atoms. The van der Waals surface area contributed by atoms with E-state index in [0.29, 0.717) is 11.3 Å². The van der Waals surface area contributed by atoms with E-state index in [1.807, 2.05) is 25.1 Å². The summed E-state index contributed by atoms with van der Waals surface area (Å²) in [5, 5.41) is 3.42. The molecule has 0 heterocycles. The number of nitrogens with one attached hydrogen (secondary N) is 1. The number of hydrogen-bond acceptors (Lipinski definition) is 2. The van der Waals surface area contributed by atoms with Gasteiger partial charge >= 0.3 is 0 Å². The van der Waals surface area contributed by atoms with E-state index in [0.717, 1.165) is 10.0 Å². The summed E-state index contributed by atoms with van der Waals surface area (Å²) in [6.07, 6.45) is 0. The molecule has 0 bridgehead atoms. The number of rotatable bonds is 5. The van der Waals surface area contributed by atoms with Crippen molar-refractivity contribution in [3.05, 3.63) is 63.9 Å². The highest BCUT2D eigenvalue weighted by Crippen LogP contribution is 2.27. The molecule has 0 radical (unpaired) electrons. The van der Waals surface area contributed by atoms with Crippen molar-refractivity contribution in [2.75, 3.05) is 7.11 Å². The van der Waals surface area contributed by atoms with Crippen molar-refractivity contribution in [3.63, 3.8) is 0 Å². The van der Waals surface area contributed by atoms with Crippen molar-refractivity contribution >= 4 is 15.9 Å². The first-order valence-corrected chi connectivity index (χ1v) is 7.66. The highest BCUT2D eigenvalue weighted by Gasteiger charge is 2.16. The van der Waals surface area contributed by atoms with Crippen LogP contribution in [0.3, 0.4) is 0 Å². The molecule has 2 atom stereocenters. The fourth-order valence-electron chi connectivity index (χ4n) is 2.37. The molecule has 2 nitrogen and oxygen atoms in total. The topological polar surface area (TPSA) is 21.3 Å². The van der Waals surface area contributed by atoms with Gasteiger partial charge in [-0.15, -0.1) is 0 Å². The fourth-order valence-corrected chi connectivity index (χ4v) is 2.99. The molecule has 2 aromatic carbocycles. The predicted molar refractivity (Wildman–Crippen MR) is 87.1 cm³/mol. The Morgan fingerprint density at radius 2 is 1.71 bits per heavy atom. The summed E-state index contributed by atoms with van der Waals surface area (Å²) in [5.74, 6) is 0.274. The molecule has 0 saturated carbocycles. The van der Waals surface area contributed by atoms with Gasteiger partial charge in [-0.25, -0.2) is 4.39 Å². The van der Waals surface area contributed by atoms with Gasteiger partial charge in [0.15, 0.2) is 0 Å². The summed E-state index contributed by atoms with van der Waals surface area (Å²) in [7, 11) is 1.53. The number of hydrogen-bond donors (Lipinski definition) is 1. The molecule has 0 aromatic heterocycles. The first kappa shape index (κ1) is 16.0. The van der Waals surface area contributed by atoms with E-state index in [-0.39, 0.29) is 17.9 Å². The summed E-state index contributed by atoms with van der Waals surface area (Å²) in [5.41, 5.74) is 1.79. The molecule has 4 heteroatoms. The molecule has 112 valence electrons. The van der Waals surface area contributed by atoms with Gasteiger partial charge in [0, 0.05) is 28.2 Å². The Morgan fingerprint density at radius 1 is 1.05 bits per heavy atom. The first-order chi connectivity index (χ1) is 10.0. The van der Waals surface area contributed by atoms with Gasteiger partial charge in [0.1, 0.15) is 11.6 Å². The van der Waals surface area contributed by atoms with Crippen molar-refractivity contribution < 1.29 is 9.13 Å². The highest BCUT2D eigenvalue weighted by atomic mass is 79.9. The second-order valence-electron chi connectivity index (χ2n) is 5.02. The largest absolute Gasteiger partial charge is 0.497 e. The minimum atomic E-state index is -0.256. The van der Waals surface area contributed by atoms with E-state index in [1.54, 1.807) is 12.1 Å². The van der Waals surface area contributed by atoms with Crippen LogP contribution in [0.25, 0.3) is 0 Å². The normalized spacial score (nSPS) is 13.8. The maximum absolute atomic E-state index is 14.1. The third kappa shape index (κ3) is 3.83. The standard InChI is InChI=1S/C17H19BrFNO/c1-11(14-6-4-5-7-16(14)18)20-12(2)15-9-8-13(21-3)10-17(15)19/h4-12,20H,1-3H3/t11-,12?/m0/s1. The third-order valence-electron chi connectivity index (χ3n) is 3.55. The van der Waals surface area contributed by atoms with Crippen molar-refractivity contribution in [1.29, 1.82) is 0 Å². The zero-order valence-electron chi connectivity index (χ0n) is 12.4. The van der Waals surface area contributed by atoms with Gasteiger partial charge < -0.3 is 10.1 Å². The number of benzene rings is 2. The quantitative estimate of drug-likeness (QED) is 0.817. The summed E-state index contributed by atoms with van der Waals surface area (Å²) < 4.78 is 20.2. The van der Waals surface area contributed by atoms with E-state index in [2.05, 4.69) is 34.2 Å². The van der Waals surface area contributed by atoms with Gasteiger partial charge in [-0.1, -0.05) is 40.2 Å². The minimum absolute atomic E-state index is 0.0991. The summed E-state index contributed by atoms with van der Waals surface area (Å²) >= 11 is 3.55. The van der Waals surface area contributed by atoms with Crippen LogP contribution in [-0.2, 0) is 0 Å². The molecule has 0 saturated heterocycles. The number of halogens is 2. The molecule has 1 unspecified atom stereocenters. The maximum atomic E-state index is 14.1. The number of methoxy groups -OCH3 is 1. The monoisotopic (exact) mass is 351 g/mol. The van der Waals surface area contributed by atoms with Crippen LogP contribution < -0.4 is 10.1 Å². The molecular formula is C17H19BrFNO. The van der Waals surface area contributed by atoms with E-state index < -0.39 is 0 Å². The molecule has 2 aromatic rings. The van der Waals surface area contributed by atoms with E-state index >= 15 is 0 Å². The fraction of sp³-hybridized carbons (Fsp3) is 0.294.